The van der Waals surface area contributed by atoms with Gasteiger partial charge in [-0.2, -0.15) is 13.2 Å². The molecule has 0 radical (unpaired) electrons. The lowest BCUT2D eigenvalue weighted by Crippen LogP contribution is -2.05. The van der Waals surface area contributed by atoms with Crippen molar-refractivity contribution in [2.24, 2.45) is 0 Å². The molecule has 0 saturated heterocycles. The van der Waals surface area contributed by atoms with Crippen molar-refractivity contribution in [1.82, 2.24) is 4.98 Å². The van der Waals surface area contributed by atoms with Crippen molar-refractivity contribution in [2.45, 2.75) is 6.18 Å². The van der Waals surface area contributed by atoms with Crippen molar-refractivity contribution >= 4 is 43.2 Å². The van der Waals surface area contributed by atoms with Gasteiger partial charge >= 0.3 is 6.18 Å². The Labute approximate surface area is 80.9 Å². The molecule has 0 aliphatic heterocycles. The second kappa shape index (κ2) is 3.02. The highest BCUT2D eigenvalue weighted by Crippen LogP contribution is 2.38. The highest BCUT2D eigenvalue weighted by atomic mass is 79.9. The van der Waals surface area contributed by atoms with Crippen LogP contribution in [0.2, 0.25) is 0 Å². The molecule has 11 heavy (non-hydrogen) atoms. The fourth-order valence-corrected chi connectivity index (χ4v) is 3.08. The lowest BCUT2D eigenvalue weighted by molar-refractivity contribution is -0.141. The zero-order valence-corrected chi connectivity index (χ0v) is 8.73. The second-order valence-electron chi connectivity index (χ2n) is 1.59. The number of hydrogen-bond donors (Lipinski definition) is 0. The van der Waals surface area contributed by atoms with Crippen LogP contribution in [0, 0.1) is 0 Å². The molecule has 0 amide bonds. The predicted octanol–water partition coefficient (Wildman–Crippen LogP) is 3.69. The summed E-state index contributed by atoms with van der Waals surface area (Å²) in [6.07, 6.45) is -4.37. The molecular formula is C4Br2F3NS. The first-order valence-corrected chi connectivity index (χ1v) is 4.70. The number of alkyl halides is 3. The molecule has 0 unspecified atom stereocenters. The fourth-order valence-electron chi connectivity index (χ4n) is 0.452. The molecule has 1 heterocycles. The largest absolute Gasteiger partial charge is 0.435 e. The maximum absolute atomic E-state index is 12.0. The zero-order chi connectivity index (χ0) is 8.65. The Hall–Kier alpha value is 0.380. The smallest absolute Gasteiger partial charge is 0.223 e. The number of aromatic nitrogens is 1. The van der Waals surface area contributed by atoms with Gasteiger partial charge in [0.05, 0.1) is 0 Å². The Kier molecular flexibility index (Phi) is 2.60. The van der Waals surface area contributed by atoms with E-state index in [1.807, 2.05) is 0 Å². The van der Waals surface area contributed by atoms with Gasteiger partial charge in [-0.05, 0) is 31.9 Å². The average Bonchev–Trinajstić information content (AvgIpc) is 2.08. The summed E-state index contributed by atoms with van der Waals surface area (Å²) in [5, 5.41) is 0. The van der Waals surface area contributed by atoms with E-state index in [9.17, 15) is 13.2 Å². The van der Waals surface area contributed by atoms with Crippen molar-refractivity contribution < 1.29 is 13.2 Å². The minimum atomic E-state index is -4.37. The molecule has 0 spiro atoms. The molecular weight excluding hydrogens is 311 g/mol. The van der Waals surface area contributed by atoms with Gasteiger partial charge < -0.3 is 0 Å². The summed E-state index contributed by atoms with van der Waals surface area (Å²) in [6.45, 7) is 0. The highest BCUT2D eigenvalue weighted by molar-refractivity contribution is 9.12. The molecule has 0 N–H and O–H groups in total. The van der Waals surface area contributed by atoms with Crippen LogP contribution in [0.3, 0.4) is 0 Å². The summed E-state index contributed by atoms with van der Waals surface area (Å²) < 4.78 is 36.1. The van der Waals surface area contributed by atoms with Crippen LogP contribution in [0.5, 0.6) is 0 Å². The zero-order valence-electron chi connectivity index (χ0n) is 4.75. The van der Waals surface area contributed by atoms with Gasteiger partial charge in [0.2, 0.25) is 0 Å². The van der Waals surface area contributed by atoms with E-state index in [0.29, 0.717) is 0 Å². The lowest BCUT2D eigenvalue weighted by Gasteiger charge is -2.00. The number of halogens is 5. The maximum atomic E-state index is 12.0. The molecule has 1 aromatic rings. The first-order chi connectivity index (χ1) is 4.91. The van der Waals surface area contributed by atoms with Gasteiger partial charge in [0.15, 0.2) is 9.61 Å². The molecule has 1 rings (SSSR count). The minimum absolute atomic E-state index is 0.00289. The van der Waals surface area contributed by atoms with Crippen molar-refractivity contribution in [1.29, 1.82) is 0 Å². The van der Waals surface area contributed by atoms with Crippen molar-refractivity contribution in [3.8, 4) is 0 Å². The topological polar surface area (TPSA) is 12.9 Å². The molecule has 0 aromatic carbocycles. The average molecular weight is 311 g/mol. The molecule has 0 fully saturated rings. The Bertz CT molecular complexity index is 269. The summed E-state index contributed by atoms with van der Waals surface area (Å²) in [4.78, 5) is 3.24. The van der Waals surface area contributed by atoms with Crippen LogP contribution >= 0.6 is 43.2 Å². The minimum Gasteiger partial charge on any atom is -0.223 e. The monoisotopic (exact) mass is 309 g/mol. The Balaban J connectivity index is 3.13. The number of thiazole rings is 1. The molecule has 0 bridgehead atoms. The van der Waals surface area contributed by atoms with E-state index in [1.165, 1.54) is 0 Å². The summed E-state index contributed by atoms with van der Waals surface area (Å²) >= 11 is 6.51. The number of hydrogen-bond acceptors (Lipinski definition) is 2. The van der Waals surface area contributed by atoms with E-state index in [2.05, 4.69) is 36.8 Å². The second-order valence-corrected chi connectivity index (χ2v) is 5.18. The van der Waals surface area contributed by atoms with Crippen LogP contribution in [0.4, 0.5) is 13.2 Å². The van der Waals surface area contributed by atoms with Gasteiger partial charge in [-0.1, -0.05) is 11.3 Å². The van der Waals surface area contributed by atoms with E-state index >= 15 is 0 Å². The molecule has 0 atom stereocenters. The SMILES string of the molecule is FC(F)(F)c1nc(Br)sc1Br. The predicted molar refractivity (Wildman–Crippen MR) is 42.5 cm³/mol. The van der Waals surface area contributed by atoms with Gasteiger partial charge in [0.25, 0.3) is 0 Å². The maximum Gasteiger partial charge on any atom is 0.435 e. The Morgan fingerprint density at radius 2 is 1.82 bits per heavy atom. The quantitative estimate of drug-likeness (QED) is 0.712. The molecule has 62 valence electrons. The normalized spacial score (nSPS) is 12.1. The van der Waals surface area contributed by atoms with Crippen LogP contribution in [0.15, 0.2) is 7.70 Å². The van der Waals surface area contributed by atoms with E-state index in [4.69, 9.17) is 0 Å². The van der Waals surface area contributed by atoms with Crippen molar-refractivity contribution in [2.75, 3.05) is 0 Å². The van der Waals surface area contributed by atoms with E-state index in [-0.39, 0.29) is 7.70 Å². The summed E-state index contributed by atoms with van der Waals surface area (Å²) in [5.74, 6) is 0. The highest BCUT2D eigenvalue weighted by Gasteiger charge is 2.36. The molecule has 0 aliphatic rings. The van der Waals surface area contributed by atoms with Gasteiger partial charge in [-0.15, -0.1) is 0 Å². The lowest BCUT2D eigenvalue weighted by atomic mass is 10.5. The Morgan fingerprint density at radius 1 is 1.27 bits per heavy atom. The molecule has 0 aliphatic carbocycles. The summed E-state index contributed by atoms with van der Waals surface area (Å²) in [7, 11) is 0. The summed E-state index contributed by atoms with van der Waals surface area (Å²) in [6, 6.07) is 0. The molecule has 1 nitrogen and oxygen atoms in total. The third-order valence-corrected chi connectivity index (χ3v) is 2.98. The van der Waals surface area contributed by atoms with Crippen LogP contribution in [0.1, 0.15) is 5.69 Å². The van der Waals surface area contributed by atoms with E-state index in [1.54, 1.807) is 0 Å². The van der Waals surface area contributed by atoms with Gasteiger partial charge in [0.1, 0.15) is 3.79 Å². The number of nitrogens with zero attached hydrogens (tertiary/aromatic N) is 1. The third kappa shape index (κ3) is 2.16. The molecule has 7 heteroatoms. The first kappa shape index (κ1) is 9.47. The van der Waals surface area contributed by atoms with Gasteiger partial charge in [-0.25, -0.2) is 4.98 Å². The van der Waals surface area contributed by atoms with Crippen LogP contribution in [-0.2, 0) is 6.18 Å². The van der Waals surface area contributed by atoms with Crippen molar-refractivity contribution in [3.05, 3.63) is 13.4 Å². The van der Waals surface area contributed by atoms with Crippen LogP contribution < -0.4 is 0 Å². The number of rotatable bonds is 0. The standard InChI is InChI=1S/C4Br2F3NS/c5-2-1(4(7,8)9)10-3(6)11-2. The van der Waals surface area contributed by atoms with E-state index < -0.39 is 11.9 Å². The molecule has 1 aromatic heterocycles. The van der Waals surface area contributed by atoms with Crippen LogP contribution in [-0.4, -0.2) is 4.98 Å². The Morgan fingerprint density at radius 3 is 2.00 bits per heavy atom. The van der Waals surface area contributed by atoms with Crippen molar-refractivity contribution in [3.63, 3.8) is 0 Å². The third-order valence-electron chi connectivity index (χ3n) is 0.828. The molecule has 0 saturated carbocycles. The fraction of sp³-hybridized carbons (Fsp3) is 0.250. The summed E-state index contributed by atoms with van der Waals surface area (Å²) in [5.41, 5.74) is -0.880. The first-order valence-electron chi connectivity index (χ1n) is 2.30. The van der Waals surface area contributed by atoms with Gasteiger partial charge in [-0.3, -0.25) is 0 Å². The van der Waals surface area contributed by atoms with E-state index in [0.717, 1.165) is 11.3 Å². The van der Waals surface area contributed by atoms with Gasteiger partial charge in [0, 0.05) is 0 Å². The van der Waals surface area contributed by atoms with Crippen LogP contribution in [0.25, 0.3) is 0 Å².